The summed E-state index contributed by atoms with van der Waals surface area (Å²) in [5.41, 5.74) is 0.988. The van der Waals surface area contributed by atoms with Crippen molar-refractivity contribution in [2.75, 3.05) is 0 Å². The summed E-state index contributed by atoms with van der Waals surface area (Å²) in [5, 5.41) is 44.0. The second kappa shape index (κ2) is 9.49. The smallest absolute Gasteiger partial charge is 0.330 e. The van der Waals surface area contributed by atoms with Crippen LogP contribution < -0.4 is 4.74 Å². The van der Waals surface area contributed by atoms with Gasteiger partial charge in [-0.3, -0.25) is 4.79 Å². The number of aromatic hydroxyl groups is 2. The summed E-state index contributed by atoms with van der Waals surface area (Å²) in [6, 6.07) is 18.8. The Balaban J connectivity index is 1.60. The van der Waals surface area contributed by atoms with Gasteiger partial charge in [-0.1, -0.05) is 60.7 Å². The summed E-state index contributed by atoms with van der Waals surface area (Å²) in [6.07, 6.45) is -2.64. The number of carbonyl (C=O) groups is 2. The van der Waals surface area contributed by atoms with Crippen molar-refractivity contribution in [2.45, 2.75) is 36.8 Å². The molecule has 0 radical (unpaired) electrons. The normalized spacial score (nSPS) is 22.8. The summed E-state index contributed by atoms with van der Waals surface area (Å²) in [7, 11) is 0. The van der Waals surface area contributed by atoms with E-state index in [1.165, 1.54) is 12.1 Å². The number of ketones is 1. The second-order valence-corrected chi connectivity index (χ2v) is 8.81. The first-order valence-corrected chi connectivity index (χ1v) is 11.5. The summed E-state index contributed by atoms with van der Waals surface area (Å²) < 4.78 is 11.2. The molecule has 4 N–H and O–H groups in total. The molecule has 0 spiro atoms. The van der Waals surface area contributed by atoms with E-state index in [0.717, 1.165) is 11.6 Å². The lowest BCUT2D eigenvalue weighted by molar-refractivity contribution is -0.159. The van der Waals surface area contributed by atoms with Gasteiger partial charge in [-0.15, -0.1) is 0 Å². The van der Waals surface area contributed by atoms with Crippen molar-refractivity contribution < 1.29 is 39.5 Å². The van der Waals surface area contributed by atoms with Crippen molar-refractivity contribution in [2.24, 2.45) is 0 Å². The number of aliphatic hydroxyl groups excluding tert-OH is 2. The number of rotatable bonds is 5. The molecule has 0 aromatic heterocycles. The Kier molecular flexibility index (Phi) is 6.22. The van der Waals surface area contributed by atoms with Gasteiger partial charge in [-0.25, -0.2) is 4.79 Å². The summed E-state index contributed by atoms with van der Waals surface area (Å²) in [4.78, 5) is 25.0. The SMILES string of the molecule is O=C1C=C[C@H](O)[C@H]([C@H](O)[C@@H](c2ccccc2)c2c(O)cc3c(c2O)C(=O)C[C@@H](c2ccccc2)O3)O1. The van der Waals surface area contributed by atoms with Crippen LogP contribution in [0.25, 0.3) is 0 Å². The van der Waals surface area contributed by atoms with Crippen LogP contribution in [0.4, 0.5) is 0 Å². The number of benzene rings is 3. The van der Waals surface area contributed by atoms with Crippen molar-refractivity contribution in [3.63, 3.8) is 0 Å². The van der Waals surface area contributed by atoms with E-state index >= 15 is 0 Å². The topological polar surface area (TPSA) is 134 Å². The quantitative estimate of drug-likeness (QED) is 0.403. The maximum absolute atomic E-state index is 13.2. The molecule has 3 aromatic carbocycles. The van der Waals surface area contributed by atoms with Crippen molar-refractivity contribution >= 4 is 11.8 Å². The highest BCUT2D eigenvalue weighted by atomic mass is 16.6. The molecule has 8 nitrogen and oxygen atoms in total. The number of Topliss-reactive ketones (excluding diaryl/α,β-unsaturated/α-hetero) is 1. The molecule has 2 heterocycles. The van der Waals surface area contributed by atoms with Crippen LogP contribution in [0.5, 0.6) is 17.2 Å². The van der Waals surface area contributed by atoms with Crippen LogP contribution in [0, 0.1) is 0 Å². The molecule has 2 aliphatic heterocycles. The summed E-state index contributed by atoms with van der Waals surface area (Å²) in [5.74, 6) is -3.24. The number of aliphatic hydroxyl groups is 2. The molecule has 0 amide bonds. The van der Waals surface area contributed by atoms with Crippen molar-refractivity contribution in [1.29, 1.82) is 0 Å². The molecule has 0 saturated heterocycles. The van der Waals surface area contributed by atoms with E-state index in [-0.39, 0.29) is 23.3 Å². The van der Waals surface area contributed by atoms with E-state index in [1.807, 2.05) is 30.3 Å². The maximum atomic E-state index is 13.2. The van der Waals surface area contributed by atoms with E-state index in [9.17, 15) is 30.0 Å². The molecule has 0 aliphatic carbocycles. The molecular weight excluding hydrogens is 464 g/mol. The Morgan fingerprint density at radius 2 is 1.58 bits per heavy atom. The fraction of sp³-hybridized carbons (Fsp3) is 0.214. The van der Waals surface area contributed by atoms with Crippen LogP contribution in [0.3, 0.4) is 0 Å². The zero-order chi connectivity index (χ0) is 25.4. The Bertz CT molecular complexity index is 1320. The highest BCUT2D eigenvalue weighted by Crippen LogP contribution is 2.49. The van der Waals surface area contributed by atoms with Gasteiger partial charge in [-0.05, 0) is 17.2 Å². The number of phenolic OH excluding ortho intramolecular Hbond substituents is 2. The molecule has 5 rings (SSSR count). The lowest BCUT2D eigenvalue weighted by Gasteiger charge is -2.34. The number of ether oxygens (including phenoxy) is 2. The average molecular weight is 488 g/mol. The van der Waals surface area contributed by atoms with Crippen LogP contribution in [0.1, 0.15) is 45.5 Å². The third-order valence-corrected chi connectivity index (χ3v) is 6.54. The number of hydrogen-bond acceptors (Lipinski definition) is 8. The number of fused-ring (bicyclic) bond motifs is 1. The third kappa shape index (κ3) is 4.21. The minimum Gasteiger partial charge on any atom is -0.507 e. The zero-order valence-electron chi connectivity index (χ0n) is 19.0. The van der Waals surface area contributed by atoms with Crippen LogP contribution >= 0.6 is 0 Å². The first-order valence-electron chi connectivity index (χ1n) is 11.5. The fourth-order valence-corrected chi connectivity index (χ4v) is 4.82. The van der Waals surface area contributed by atoms with E-state index in [1.54, 1.807) is 30.3 Å². The molecule has 8 heteroatoms. The van der Waals surface area contributed by atoms with Gasteiger partial charge < -0.3 is 29.9 Å². The van der Waals surface area contributed by atoms with Gasteiger partial charge in [0.05, 0.1) is 6.42 Å². The number of carbonyl (C=O) groups excluding carboxylic acids is 2. The molecular formula is C28H24O8. The molecule has 0 saturated carbocycles. The first-order chi connectivity index (χ1) is 17.3. The van der Waals surface area contributed by atoms with Crippen LogP contribution in [0.15, 0.2) is 78.9 Å². The number of esters is 1. The van der Waals surface area contributed by atoms with Gasteiger partial charge >= 0.3 is 5.97 Å². The molecule has 0 unspecified atom stereocenters. The molecule has 2 aliphatic rings. The molecule has 36 heavy (non-hydrogen) atoms. The Labute approximate surface area is 206 Å². The third-order valence-electron chi connectivity index (χ3n) is 6.54. The Hall–Kier alpha value is -4.14. The Morgan fingerprint density at radius 3 is 2.28 bits per heavy atom. The Morgan fingerprint density at radius 1 is 0.917 bits per heavy atom. The van der Waals surface area contributed by atoms with Gasteiger partial charge in [0.2, 0.25) is 0 Å². The predicted octanol–water partition coefficient (Wildman–Crippen LogP) is 3.14. The summed E-state index contributed by atoms with van der Waals surface area (Å²) >= 11 is 0. The second-order valence-electron chi connectivity index (χ2n) is 8.81. The first kappa shape index (κ1) is 23.6. The average Bonchev–Trinajstić information content (AvgIpc) is 2.88. The van der Waals surface area contributed by atoms with E-state index in [4.69, 9.17) is 9.47 Å². The van der Waals surface area contributed by atoms with Gasteiger partial charge in [0, 0.05) is 23.6 Å². The van der Waals surface area contributed by atoms with Crippen LogP contribution in [0.2, 0.25) is 0 Å². The van der Waals surface area contributed by atoms with Gasteiger partial charge in [0.1, 0.15) is 41.1 Å². The minimum absolute atomic E-state index is 0.0206. The molecule has 3 aromatic rings. The minimum atomic E-state index is -1.58. The van der Waals surface area contributed by atoms with Crippen molar-refractivity contribution in [3.8, 4) is 17.2 Å². The standard InChI is InChI=1S/C28H24O8/c29-17-11-12-22(32)36-28(17)27(34)23(16-9-5-2-6-10-16)25-19(31)14-21-24(26(25)33)18(30)13-20(35-21)15-7-3-1-4-8-15/h1-12,14,17,20,23,27-29,31,33-34H,13H2/t17-,20-,23-,27+,28+/m0/s1. The molecule has 184 valence electrons. The summed E-state index contributed by atoms with van der Waals surface area (Å²) in [6.45, 7) is 0. The van der Waals surface area contributed by atoms with Crippen molar-refractivity contribution in [1.82, 2.24) is 0 Å². The van der Waals surface area contributed by atoms with Gasteiger partial charge in [0.25, 0.3) is 0 Å². The molecule has 5 atom stereocenters. The monoisotopic (exact) mass is 488 g/mol. The largest absolute Gasteiger partial charge is 0.507 e. The van der Waals surface area contributed by atoms with Crippen molar-refractivity contribution in [3.05, 3.63) is 101 Å². The number of hydrogen-bond donors (Lipinski definition) is 4. The van der Waals surface area contributed by atoms with E-state index in [2.05, 4.69) is 0 Å². The van der Waals surface area contributed by atoms with Crippen LogP contribution in [-0.2, 0) is 9.53 Å². The van der Waals surface area contributed by atoms with Gasteiger partial charge in [0.15, 0.2) is 11.9 Å². The van der Waals surface area contributed by atoms with E-state index in [0.29, 0.717) is 5.56 Å². The molecule has 0 fully saturated rings. The molecule has 0 bridgehead atoms. The van der Waals surface area contributed by atoms with Gasteiger partial charge in [-0.2, -0.15) is 0 Å². The maximum Gasteiger partial charge on any atom is 0.330 e. The lowest BCUT2D eigenvalue weighted by Crippen LogP contribution is -2.45. The van der Waals surface area contributed by atoms with Crippen LogP contribution in [-0.4, -0.2) is 50.5 Å². The van der Waals surface area contributed by atoms with E-state index < -0.39 is 53.6 Å². The predicted molar refractivity (Wildman–Crippen MR) is 128 cm³/mol. The number of cyclic esters (lactones) is 1. The fourth-order valence-electron chi connectivity index (χ4n) is 4.82. The highest BCUT2D eigenvalue weighted by Gasteiger charge is 2.42. The number of phenols is 2. The zero-order valence-corrected chi connectivity index (χ0v) is 19.0. The lowest BCUT2D eigenvalue weighted by atomic mass is 9.80. The highest BCUT2D eigenvalue weighted by molar-refractivity contribution is 6.03.